The molecule has 3 heteroatoms. The molecule has 0 radical (unpaired) electrons. The fraction of sp³-hybridized carbons (Fsp3) is 0.500. The highest BCUT2D eigenvalue weighted by molar-refractivity contribution is 5.02. The van der Waals surface area contributed by atoms with Crippen LogP contribution in [0.2, 0.25) is 0 Å². The molecular weight excluding hydrogens is 144 g/mol. The number of ether oxygens (including phenoxy) is 2. The number of hydrogen-bond donors (Lipinski definition) is 0. The average molecular weight is 156 g/mol. The highest BCUT2D eigenvalue weighted by Gasteiger charge is 2.11. The summed E-state index contributed by atoms with van der Waals surface area (Å²) in [6.07, 6.45) is 1.53. The van der Waals surface area contributed by atoms with Gasteiger partial charge in [0.2, 0.25) is 0 Å². The van der Waals surface area contributed by atoms with Gasteiger partial charge in [-0.05, 0) is 12.1 Å². The minimum Gasteiger partial charge on any atom is -0.466 e. The van der Waals surface area contributed by atoms with Gasteiger partial charge in [-0.15, -0.1) is 0 Å². The number of rotatable bonds is 4. The fourth-order valence-electron chi connectivity index (χ4n) is 0.892. The van der Waals surface area contributed by atoms with E-state index in [0.717, 1.165) is 5.76 Å². The zero-order valence-electron chi connectivity index (χ0n) is 6.74. The number of furan rings is 1. The lowest BCUT2D eigenvalue weighted by Gasteiger charge is -2.10. The SMILES string of the molecule is COCC(OC)c1ccco1. The van der Waals surface area contributed by atoms with Gasteiger partial charge in [0, 0.05) is 14.2 Å². The summed E-state index contributed by atoms with van der Waals surface area (Å²) in [5.41, 5.74) is 0. The van der Waals surface area contributed by atoms with Crippen LogP contribution in [0, 0.1) is 0 Å². The zero-order chi connectivity index (χ0) is 8.10. The largest absolute Gasteiger partial charge is 0.466 e. The summed E-state index contributed by atoms with van der Waals surface area (Å²) in [4.78, 5) is 0. The maximum absolute atomic E-state index is 5.13. The summed E-state index contributed by atoms with van der Waals surface area (Å²) in [6.45, 7) is 0.518. The lowest BCUT2D eigenvalue weighted by atomic mass is 10.3. The van der Waals surface area contributed by atoms with Crippen LogP contribution in [0.5, 0.6) is 0 Å². The fourth-order valence-corrected chi connectivity index (χ4v) is 0.892. The minimum atomic E-state index is -0.0880. The van der Waals surface area contributed by atoms with Gasteiger partial charge in [0.15, 0.2) is 0 Å². The quantitative estimate of drug-likeness (QED) is 0.663. The monoisotopic (exact) mass is 156 g/mol. The Kier molecular flexibility index (Phi) is 3.14. The van der Waals surface area contributed by atoms with E-state index in [2.05, 4.69) is 0 Å². The molecule has 0 aliphatic heterocycles. The van der Waals surface area contributed by atoms with Crippen LogP contribution < -0.4 is 0 Å². The Bertz CT molecular complexity index is 181. The van der Waals surface area contributed by atoms with Crippen molar-refractivity contribution in [1.82, 2.24) is 0 Å². The topological polar surface area (TPSA) is 31.6 Å². The lowest BCUT2D eigenvalue weighted by Crippen LogP contribution is -2.06. The third-order valence-electron chi connectivity index (χ3n) is 1.46. The third-order valence-corrected chi connectivity index (χ3v) is 1.46. The van der Waals surface area contributed by atoms with Crippen LogP contribution in [0.3, 0.4) is 0 Å². The van der Waals surface area contributed by atoms with Crippen molar-refractivity contribution in [1.29, 1.82) is 0 Å². The summed E-state index contributed by atoms with van der Waals surface area (Å²) in [6, 6.07) is 3.70. The molecule has 1 atom stereocenters. The van der Waals surface area contributed by atoms with Gasteiger partial charge in [-0.1, -0.05) is 0 Å². The van der Waals surface area contributed by atoms with Gasteiger partial charge < -0.3 is 13.9 Å². The van der Waals surface area contributed by atoms with E-state index in [9.17, 15) is 0 Å². The molecule has 0 saturated carbocycles. The van der Waals surface area contributed by atoms with Crippen molar-refractivity contribution in [3.8, 4) is 0 Å². The molecule has 0 fully saturated rings. The maximum atomic E-state index is 5.13. The van der Waals surface area contributed by atoms with E-state index in [1.54, 1.807) is 20.5 Å². The third kappa shape index (κ3) is 2.06. The van der Waals surface area contributed by atoms with Gasteiger partial charge in [0.25, 0.3) is 0 Å². The van der Waals surface area contributed by atoms with E-state index >= 15 is 0 Å². The van der Waals surface area contributed by atoms with Gasteiger partial charge in [-0.25, -0.2) is 0 Å². The van der Waals surface area contributed by atoms with Gasteiger partial charge in [0.05, 0.1) is 12.9 Å². The van der Waals surface area contributed by atoms with Crippen molar-refractivity contribution in [3.63, 3.8) is 0 Å². The maximum Gasteiger partial charge on any atom is 0.138 e. The van der Waals surface area contributed by atoms with Gasteiger partial charge in [-0.3, -0.25) is 0 Å². The van der Waals surface area contributed by atoms with E-state index in [4.69, 9.17) is 13.9 Å². The molecule has 0 N–H and O–H groups in total. The van der Waals surface area contributed by atoms with Gasteiger partial charge in [-0.2, -0.15) is 0 Å². The molecule has 0 spiro atoms. The second kappa shape index (κ2) is 4.16. The first-order chi connectivity index (χ1) is 5.38. The van der Waals surface area contributed by atoms with Crippen LogP contribution in [0.25, 0.3) is 0 Å². The van der Waals surface area contributed by atoms with Crippen molar-refractivity contribution in [2.24, 2.45) is 0 Å². The molecule has 0 aliphatic rings. The summed E-state index contributed by atoms with van der Waals surface area (Å²) in [5.74, 6) is 0.800. The molecule has 1 rings (SSSR count). The van der Waals surface area contributed by atoms with Crippen LogP contribution in [0.15, 0.2) is 22.8 Å². The Hall–Kier alpha value is -0.800. The van der Waals surface area contributed by atoms with E-state index < -0.39 is 0 Å². The number of methoxy groups -OCH3 is 2. The van der Waals surface area contributed by atoms with Crippen molar-refractivity contribution in [3.05, 3.63) is 24.2 Å². The van der Waals surface area contributed by atoms with Crippen LogP contribution in [0.4, 0.5) is 0 Å². The van der Waals surface area contributed by atoms with E-state index in [0.29, 0.717) is 6.61 Å². The first-order valence-electron chi connectivity index (χ1n) is 3.43. The predicted octanol–water partition coefficient (Wildman–Crippen LogP) is 1.61. The van der Waals surface area contributed by atoms with E-state index in [1.807, 2.05) is 12.1 Å². The second-order valence-corrected chi connectivity index (χ2v) is 2.20. The highest BCUT2D eigenvalue weighted by atomic mass is 16.5. The van der Waals surface area contributed by atoms with E-state index in [1.165, 1.54) is 0 Å². The molecule has 3 nitrogen and oxygen atoms in total. The Morgan fingerprint density at radius 3 is 2.82 bits per heavy atom. The average Bonchev–Trinajstić information content (AvgIpc) is 2.52. The molecule has 0 aliphatic carbocycles. The van der Waals surface area contributed by atoms with E-state index in [-0.39, 0.29) is 6.10 Å². The van der Waals surface area contributed by atoms with Crippen LogP contribution in [-0.2, 0) is 9.47 Å². The molecule has 1 heterocycles. The molecular formula is C8H12O3. The first-order valence-corrected chi connectivity index (χ1v) is 3.43. The van der Waals surface area contributed by atoms with Crippen LogP contribution >= 0.6 is 0 Å². The minimum absolute atomic E-state index is 0.0880. The van der Waals surface area contributed by atoms with Crippen LogP contribution in [-0.4, -0.2) is 20.8 Å². The molecule has 11 heavy (non-hydrogen) atoms. The van der Waals surface area contributed by atoms with Crippen LogP contribution in [0.1, 0.15) is 11.9 Å². The van der Waals surface area contributed by atoms with Crippen molar-refractivity contribution in [2.75, 3.05) is 20.8 Å². The number of hydrogen-bond acceptors (Lipinski definition) is 3. The Labute approximate surface area is 65.9 Å². The van der Waals surface area contributed by atoms with Gasteiger partial charge >= 0.3 is 0 Å². The normalized spacial score (nSPS) is 13.3. The van der Waals surface area contributed by atoms with Gasteiger partial charge in [0.1, 0.15) is 11.9 Å². The molecule has 0 bridgehead atoms. The van der Waals surface area contributed by atoms with Crippen molar-refractivity contribution in [2.45, 2.75) is 6.10 Å². The summed E-state index contributed by atoms with van der Waals surface area (Å²) < 4.78 is 15.2. The molecule has 0 amide bonds. The highest BCUT2D eigenvalue weighted by Crippen LogP contribution is 2.16. The second-order valence-electron chi connectivity index (χ2n) is 2.20. The summed E-state index contributed by atoms with van der Waals surface area (Å²) in [7, 11) is 3.27. The van der Waals surface area contributed by atoms with Crippen molar-refractivity contribution >= 4 is 0 Å². The Balaban J connectivity index is 2.56. The summed E-state index contributed by atoms with van der Waals surface area (Å²) in [5, 5.41) is 0. The lowest BCUT2D eigenvalue weighted by molar-refractivity contribution is 0.0146. The molecule has 1 aromatic rings. The van der Waals surface area contributed by atoms with Crippen molar-refractivity contribution < 1.29 is 13.9 Å². The zero-order valence-corrected chi connectivity index (χ0v) is 6.74. The smallest absolute Gasteiger partial charge is 0.138 e. The standard InChI is InChI=1S/C8H12O3/c1-9-6-8(10-2)7-4-3-5-11-7/h3-5,8H,6H2,1-2H3. The predicted molar refractivity (Wildman–Crippen MR) is 40.3 cm³/mol. The first kappa shape index (κ1) is 8.30. The Morgan fingerprint density at radius 2 is 2.36 bits per heavy atom. The molecule has 0 aromatic carbocycles. The molecule has 1 aromatic heterocycles. The molecule has 62 valence electrons. The Morgan fingerprint density at radius 1 is 1.55 bits per heavy atom. The molecule has 1 unspecified atom stereocenters. The molecule has 0 saturated heterocycles. The summed E-state index contributed by atoms with van der Waals surface area (Å²) >= 11 is 0.